The van der Waals surface area contributed by atoms with Crippen LogP contribution in [0.1, 0.15) is 19.3 Å². The molecule has 2 heterocycles. The first kappa shape index (κ1) is 14.8. The molecular weight excluding hydrogens is 245 g/mol. The Labute approximate surface area is 114 Å². The first-order valence-electron chi connectivity index (χ1n) is 7.08. The third-order valence-corrected chi connectivity index (χ3v) is 4.97. The predicted molar refractivity (Wildman–Crippen MR) is 74.1 cm³/mol. The van der Waals surface area contributed by atoms with Crippen LogP contribution in [0.4, 0.5) is 0 Å². The summed E-state index contributed by atoms with van der Waals surface area (Å²) in [6, 6.07) is 0.0348. The van der Waals surface area contributed by atoms with Crippen LogP contribution in [0.5, 0.6) is 0 Å². The Balaban J connectivity index is 2.21. The van der Waals surface area contributed by atoms with E-state index in [-0.39, 0.29) is 18.4 Å². The average molecular weight is 269 g/mol. The van der Waals surface area contributed by atoms with E-state index < -0.39 is 11.5 Å². The number of carboxylic acids is 1. The van der Waals surface area contributed by atoms with Crippen LogP contribution >= 0.6 is 0 Å². The van der Waals surface area contributed by atoms with Crippen molar-refractivity contribution in [3.63, 3.8) is 0 Å². The predicted octanol–water partition coefficient (Wildman–Crippen LogP) is -0.886. The molecule has 2 saturated heterocycles. The molecule has 3 atom stereocenters. The number of nitrogens with one attached hydrogen (secondary N) is 2. The van der Waals surface area contributed by atoms with E-state index in [1.807, 2.05) is 0 Å². The maximum absolute atomic E-state index is 11.8. The molecular formula is C12H24BN3O3. The highest BCUT2D eigenvalue weighted by molar-refractivity contribution is 6.48. The number of fused-ring (bicyclic) bond motifs is 1. The van der Waals surface area contributed by atoms with E-state index >= 15 is 0 Å². The molecule has 0 aromatic carbocycles. The topological polar surface area (TPSA) is 108 Å². The van der Waals surface area contributed by atoms with Crippen LogP contribution < -0.4 is 16.4 Å². The summed E-state index contributed by atoms with van der Waals surface area (Å²) in [5.41, 5.74) is 4.61. The lowest BCUT2D eigenvalue weighted by Gasteiger charge is -2.40. The molecule has 0 spiro atoms. The van der Waals surface area contributed by atoms with Gasteiger partial charge >= 0.3 is 5.97 Å². The normalized spacial score (nSPS) is 37.3. The number of carboxylic acid groups (broad SMARTS) is 1. The van der Waals surface area contributed by atoms with E-state index in [0.717, 1.165) is 25.8 Å². The van der Waals surface area contributed by atoms with Gasteiger partial charge in [-0.2, -0.15) is 0 Å². The van der Waals surface area contributed by atoms with E-state index in [1.54, 1.807) is 6.82 Å². The van der Waals surface area contributed by atoms with Gasteiger partial charge in [0.1, 0.15) is 5.54 Å². The number of hydrogen-bond donors (Lipinski definition) is 5. The molecule has 2 aliphatic rings. The average Bonchev–Trinajstić information content (AvgIpc) is 2.82. The van der Waals surface area contributed by atoms with Crippen molar-refractivity contribution < 1.29 is 14.9 Å². The van der Waals surface area contributed by atoms with Crippen molar-refractivity contribution in [1.29, 1.82) is 0 Å². The lowest BCUT2D eigenvalue weighted by Crippen LogP contribution is -2.59. The number of hydrogen-bond acceptors (Lipinski definition) is 5. The van der Waals surface area contributed by atoms with E-state index in [9.17, 15) is 14.9 Å². The van der Waals surface area contributed by atoms with Crippen LogP contribution in [0, 0.1) is 5.41 Å². The maximum atomic E-state index is 11.8. The van der Waals surface area contributed by atoms with Crippen molar-refractivity contribution in [2.45, 2.75) is 44.0 Å². The second-order valence-electron chi connectivity index (χ2n) is 5.95. The van der Waals surface area contributed by atoms with Crippen LogP contribution in [0.2, 0.25) is 13.1 Å². The van der Waals surface area contributed by atoms with Crippen LogP contribution in [0.25, 0.3) is 0 Å². The van der Waals surface area contributed by atoms with Gasteiger partial charge in [-0.3, -0.25) is 4.79 Å². The molecule has 0 aromatic heterocycles. The highest BCUT2D eigenvalue weighted by atomic mass is 16.4. The molecule has 0 amide bonds. The molecule has 7 heteroatoms. The zero-order valence-electron chi connectivity index (χ0n) is 11.5. The summed E-state index contributed by atoms with van der Waals surface area (Å²) in [5, 5.41) is 25.5. The highest BCUT2D eigenvalue weighted by Gasteiger charge is 2.66. The van der Waals surface area contributed by atoms with Gasteiger partial charge in [-0.1, -0.05) is 13.2 Å². The summed E-state index contributed by atoms with van der Waals surface area (Å²) in [6.45, 7) is 3.03. The Kier molecular flexibility index (Phi) is 4.20. The molecule has 2 rings (SSSR count). The minimum Gasteiger partial charge on any atom is -0.480 e. The Morgan fingerprint density at radius 1 is 1.58 bits per heavy atom. The van der Waals surface area contributed by atoms with Gasteiger partial charge in [-0.15, -0.1) is 0 Å². The van der Waals surface area contributed by atoms with Crippen molar-refractivity contribution >= 4 is 12.9 Å². The van der Waals surface area contributed by atoms with E-state index in [0.29, 0.717) is 19.4 Å². The third kappa shape index (κ3) is 2.18. The van der Waals surface area contributed by atoms with Gasteiger partial charge in [0.2, 0.25) is 0 Å². The van der Waals surface area contributed by atoms with Crippen molar-refractivity contribution in [2.75, 3.05) is 19.6 Å². The molecule has 0 saturated carbocycles. The lowest BCUT2D eigenvalue weighted by molar-refractivity contribution is -0.147. The van der Waals surface area contributed by atoms with Crippen LogP contribution in [0.3, 0.4) is 0 Å². The molecule has 0 unspecified atom stereocenters. The summed E-state index contributed by atoms with van der Waals surface area (Å²) in [7, 11) is 0. The Morgan fingerprint density at radius 2 is 2.32 bits per heavy atom. The van der Waals surface area contributed by atoms with E-state index in [4.69, 9.17) is 5.73 Å². The quantitative estimate of drug-likeness (QED) is 0.401. The molecule has 6 N–H and O–H groups in total. The SMILES string of the molecule is CB(O)CCC[C@]12CCN[C@@]1(C(=O)O)CN[C@H]2CN. The summed E-state index contributed by atoms with van der Waals surface area (Å²) < 4.78 is 0. The van der Waals surface area contributed by atoms with Gasteiger partial charge in [0.15, 0.2) is 0 Å². The molecule has 6 nitrogen and oxygen atoms in total. The first-order chi connectivity index (χ1) is 8.98. The van der Waals surface area contributed by atoms with Crippen LogP contribution in [0.15, 0.2) is 0 Å². The van der Waals surface area contributed by atoms with Crippen molar-refractivity contribution in [3.8, 4) is 0 Å². The van der Waals surface area contributed by atoms with Crippen LogP contribution in [-0.4, -0.2) is 54.2 Å². The van der Waals surface area contributed by atoms with E-state index in [1.165, 1.54) is 0 Å². The maximum Gasteiger partial charge on any atom is 0.325 e. The third-order valence-electron chi connectivity index (χ3n) is 4.97. The molecule has 108 valence electrons. The first-order valence-corrected chi connectivity index (χ1v) is 7.08. The fourth-order valence-corrected chi connectivity index (χ4v) is 3.97. The minimum atomic E-state index is -0.893. The molecule has 2 aliphatic heterocycles. The van der Waals surface area contributed by atoms with Gasteiger partial charge < -0.3 is 26.5 Å². The Bertz CT molecular complexity index is 355. The summed E-state index contributed by atoms with van der Waals surface area (Å²) in [4.78, 5) is 11.8. The zero-order valence-corrected chi connectivity index (χ0v) is 11.5. The minimum absolute atomic E-state index is 0.0348. The number of nitrogens with two attached hydrogens (primary N) is 1. The smallest absolute Gasteiger partial charge is 0.325 e. The summed E-state index contributed by atoms with van der Waals surface area (Å²) in [6.07, 6.45) is 3.14. The van der Waals surface area contributed by atoms with Gasteiger partial charge in [0.05, 0.1) is 0 Å². The van der Waals surface area contributed by atoms with Gasteiger partial charge in [-0.05, 0) is 25.7 Å². The number of carbonyl (C=O) groups is 1. The van der Waals surface area contributed by atoms with Crippen molar-refractivity contribution in [3.05, 3.63) is 0 Å². The number of rotatable bonds is 6. The molecule has 2 fully saturated rings. The number of aliphatic carboxylic acids is 1. The summed E-state index contributed by atoms with van der Waals surface area (Å²) in [5.74, 6) is -0.787. The highest BCUT2D eigenvalue weighted by Crippen LogP contribution is 2.50. The van der Waals surface area contributed by atoms with Gasteiger partial charge in [-0.25, -0.2) is 0 Å². The Hall–Kier alpha value is -0.625. The second kappa shape index (κ2) is 5.40. The van der Waals surface area contributed by atoms with Crippen molar-refractivity contribution in [1.82, 2.24) is 10.6 Å². The fraction of sp³-hybridized carbons (Fsp3) is 0.917. The monoisotopic (exact) mass is 269 g/mol. The molecule has 0 aromatic rings. The lowest BCUT2D eigenvalue weighted by atomic mass is 9.61. The summed E-state index contributed by atoms with van der Waals surface area (Å²) >= 11 is 0. The molecule has 0 bridgehead atoms. The molecule has 0 aliphatic carbocycles. The second-order valence-corrected chi connectivity index (χ2v) is 5.95. The fourth-order valence-electron chi connectivity index (χ4n) is 3.97. The Morgan fingerprint density at radius 3 is 2.89 bits per heavy atom. The van der Waals surface area contributed by atoms with Crippen LogP contribution in [-0.2, 0) is 4.79 Å². The molecule has 19 heavy (non-hydrogen) atoms. The standard InChI is InChI=1S/C12H24BN3O3/c1-13(19)5-2-3-11-4-6-16-12(11,10(17)18)8-15-9(11)7-14/h9,15-16,19H,2-8,14H2,1H3,(H,17,18)/t9-,11+,12+/m0/s1. The molecule has 0 radical (unpaired) electrons. The zero-order chi connectivity index (χ0) is 14.1. The van der Waals surface area contributed by atoms with Gasteiger partial charge in [0.25, 0.3) is 6.92 Å². The largest absolute Gasteiger partial charge is 0.480 e. The van der Waals surface area contributed by atoms with Gasteiger partial charge in [0, 0.05) is 24.5 Å². The van der Waals surface area contributed by atoms with E-state index in [2.05, 4.69) is 10.6 Å². The van der Waals surface area contributed by atoms with Crippen molar-refractivity contribution in [2.24, 2.45) is 11.1 Å².